The number of aromatic carboxylic acids is 1. The van der Waals surface area contributed by atoms with Gasteiger partial charge < -0.3 is 10.0 Å². The number of nitrogens with zero attached hydrogens (tertiary/aromatic N) is 2. The molecule has 1 N–H and O–H groups in total. The van der Waals surface area contributed by atoms with Crippen molar-refractivity contribution in [2.75, 3.05) is 4.90 Å². The molecule has 1 atom stereocenters. The van der Waals surface area contributed by atoms with Crippen LogP contribution in [-0.2, 0) is 6.42 Å². The van der Waals surface area contributed by atoms with Crippen molar-refractivity contribution in [1.29, 1.82) is 0 Å². The number of benzene rings is 2. The maximum absolute atomic E-state index is 13.0. The number of carbonyl (C=O) groups is 2. The first-order valence-corrected chi connectivity index (χ1v) is 7.33. The summed E-state index contributed by atoms with van der Waals surface area (Å²) in [5, 5.41) is 20.3. The second-order valence-corrected chi connectivity index (χ2v) is 5.65. The molecule has 0 spiro atoms. The Morgan fingerprint density at radius 1 is 1.21 bits per heavy atom. The predicted octanol–water partition coefficient (Wildman–Crippen LogP) is 2.88. The quantitative estimate of drug-likeness (QED) is 0.690. The second kappa shape index (κ2) is 5.77. The molecule has 122 valence electrons. The summed E-state index contributed by atoms with van der Waals surface area (Å²) >= 11 is 0. The van der Waals surface area contributed by atoms with Crippen molar-refractivity contribution in [3.05, 3.63) is 69.3 Å². The van der Waals surface area contributed by atoms with Crippen molar-refractivity contribution in [2.45, 2.75) is 19.4 Å². The van der Waals surface area contributed by atoms with Gasteiger partial charge in [-0.3, -0.25) is 14.9 Å². The zero-order valence-electron chi connectivity index (χ0n) is 12.8. The Labute approximate surface area is 137 Å². The monoisotopic (exact) mass is 326 g/mol. The number of carbonyl (C=O) groups excluding carboxylic acids is 1. The lowest BCUT2D eigenvalue weighted by Crippen LogP contribution is -2.36. The minimum absolute atomic E-state index is 0.157. The fourth-order valence-electron chi connectivity index (χ4n) is 3.01. The average molecular weight is 326 g/mol. The minimum Gasteiger partial charge on any atom is -0.478 e. The molecule has 0 aromatic heterocycles. The molecule has 24 heavy (non-hydrogen) atoms. The number of hydrogen-bond donors (Lipinski definition) is 1. The molecule has 0 saturated heterocycles. The van der Waals surface area contributed by atoms with E-state index in [0.717, 1.165) is 23.8 Å². The Balaban J connectivity index is 2.11. The van der Waals surface area contributed by atoms with Gasteiger partial charge in [0.2, 0.25) is 0 Å². The Morgan fingerprint density at radius 3 is 2.58 bits per heavy atom. The summed E-state index contributed by atoms with van der Waals surface area (Å²) in [6.07, 6.45) is 0.652. The molecule has 2 aromatic carbocycles. The second-order valence-electron chi connectivity index (χ2n) is 5.65. The number of carboxylic acids is 1. The van der Waals surface area contributed by atoms with E-state index >= 15 is 0 Å². The van der Waals surface area contributed by atoms with Crippen LogP contribution in [0.25, 0.3) is 0 Å². The summed E-state index contributed by atoms with van der Waals surface area (Å²) in [7, 11) is 0. The van der Waals surface area contributed by atoms with Gasteiger partial charge in [-0.05, 0) is 31.0 Å². The summed E-state index contributed by atoms with van der Waals surface area (Å²) in [6, 6.07) is 10.4. The predicted molar refractivity (Wildman–Crippen MR) is 86.5 cm³/mol. The summed E-state index contributed by atoms with van der Waals surface area (Å²) in [5.41, 5.74) is 0.949. The number of para-hydroxylation sites is 1. The van der Waals surface area contributed by atoms with Crippen LogP contribution in [0.2, 0.25) is 0 Å². The highest BCUT2D eigenvalue weighted by atomic mass is 16.6. The van der Waals surface area contributed by atoms with Crippen molar-refractivity contribution in [3.63, 3.8) is 0 Å². The normalized spacial score (nSPS) is 15.9. The summed E-state index contributed by atoms with van der Waals surface area (Å²) in [4.78, 5) is 36.2. The highest BCUT2D eigenvalue weighted by molar-refractivity contribution is 6.13. The van der Waals surface area contributed by atoms with E-state index in [0.29, 0.717) is 12.1 Å². The number of carboxylic acid groups (broad SMARTS) is 1. The Kier molecular flexibility index (Phi) is 3.76. The van der Waals surface area contributed by atoms with E-state index in [1.807, 2.05) is 19.1 Å². The number of anilines is 1. The Bertz CT molecular complexity index is 862. The number of nitro groups is 1. The first kappa shape index (κ1) is 15.7. The molecular weight excluding hydrogens is 312 g/mol. The summed E-state index contributed by atoms with van der Waals surface area (Å²) < 4.78 is 0. The molecule has 3 rings (SSSR count). The highest BCUT2D eigenvalue weighted by Crippen LogP contribution is 2.34. The molecule has 0 radical (unpaired) electrons. The van der Waals surface area contributed by atoms with E-state index in [-0.39, 0.29) is 22.9 Å². The standard InChI is InChI=1S/C17H14N2O5/c1-10-8-11-4-2-3-5-15(11)18(10)16(20)14-9-12(19(23)24)6-7-13(14)17(21)22/h2-7,9-10H,8H2,1H3,(H,21,22). The molecule has 0 fully saturated rings. The fourth-order valence-corrected chi connectivity index (χ4v) is 3.01. The molecule has 7 nitrogen and oxygen atoms in total. The van der Waals surface area contributed by atoms with Gasteiger partial charge in [-0.15, -0.1) is 0 Å². The lowest BCUT2D eigenvalue weighted by Gasteiger charge is -2.23. The van der Waals surface area contributed by atoms with Gasteiger partial charge in [0.1, 0.15) is 0 Å². The van der Waals surface area contributed by atoms with Gasteiger partial charge in [0.15, 0.2) is 0 Å². The van der Waals surface area contributed by atoms with Gasteiger partial charge >= 0.3 is 5.97 Å². The van der Waals surface area contributed by atoms with Crippen LogP contribution < -0.4 is 4.90 Å². The topological polar surface area (TPSA) is 101 Å². The molecule has 1 unspecified atom stereocenters. The van der Waals surface area contributed by atoms with E-state index in [9.17, 15) is 24.8 Å². The van der Waals surface area contributed by atoms with E-state index < -0.39 is 16.8 Å². The molecule has 0 bridgehead atoms. The molecule has 1 amide bonds. The largest absolute Gasteiger partial charge is 0.478 e. The van der Waals surface area contributed by atoms with E-state index in [4.69, 9.17) is 0 Å². The summed E-state index contributed by atoms with van der Waals surface area (Å²) in [5.74, 6) is -1.85. The molecule has 1 heterocycles. The maximum Gasteiger partial charge on any atom is 0.336 e. The SMILES string of the molecule is CC1Cc2ccccc2N1C(=O)c1cc([N+](=O)[O-])ccc1C(=O)O. The molecule has 2 aromatic rings. The molecule has 1 aliphatic rings. The lowest BCUT2D eigenvalue weighted by atomic mass is 10.0. The van der Waals surface area contributed by atoms with Crippen LogP contribution >= 0.6 is 0 Å². The zero-order chi connectivity index (χ0) is 17.4. The third kappa shape index (κ3) is 2.50. The molecule has 1 aliphatic heterocycles. The number of amides is 1. The first-order chi connectivity index (χ1) is 11.4. The fraction of sp³-hybridized carbons (Fsp3) is 0.176. The Morgan fingerprint density at radius 2 is 1.92 bits per heavy atom. The van der Waals surface area contributed by atoms with Gasteiger partial charge in [-0.1, -0.05) is 18.2 Å². The first-order valence-electron chi connectivity index (χ1n) is 7.33. The number of rotatable bonds is 3. The number of fused-ring (bicyclic) bond motifs is 1. The number of non-ortho nitro benzene ring substituents is 1. The van der Waals surface area contributed by atoms with Crippen molar-refractivity contribution >= 4 is 23.3 Å². The van der Waals surface area contributed by atoms with Crippen LogP contribution in [0.3, 0.4) is 0 Å². The number of hydrogen-bond acceptors (Lipinski definition) is 4. The van der Waals surface area contributed by atoms with Crippen molar-refractivity contribution in [2.24, 2.45) is 0 Å². The lowest BCUT2D eigenvalue weighted by molar-refractivity contribution is -0.384. The zero-order valence-corrected chi connectivity index (χ0v) is 12.8. The van der Waals surface area contributed by atoms with Crippen LogP contribution in [0.15, 0.2) is 42.5 Å². The number of nitro benzene ring substituents is 1. The van der Waals surface area contributed by atoms with Crippen molar-refractivity contribution < 1.29 is 19.6 Å². The Hall–Kier alpha value is -3.22. The van der Waals surface area contributed by atoms with Gasteiger partial charge in [-0.2, -0.15) is 0 Å². The van der Waals surface area contributed by atoms with Crippen LogP contribution in [0, 0.1) is 10.1 Å². The third-order valence-electron chi connectivity index (χ3n) is 4.10. The van der Waals surface area contributed by atoms with E-state index in [1.54, 1.807) is 12.1 Å². The van der Waals surface area contributed by atoms with Crippen LogP contribution in [-0.4, -0.2) is 27.9 Å². The average Bonchev–Trinajstić information content (AvgIpc) is 2.89. The smallest absolute Gasteiger partial charge is 0.336 e. The van der Waals surface area contributed by atoms with Gasteiger partial charge in [0.25, 0.3) is 11.6 Å². The maximum atomic E-state index is 13.0. The van der Waals surface area contributed by atoms with Crippen molar-refractivity contribution in [3.8, 4) is 0 Å². The molecular formula is C17H14N2O5. The van der Waals surface area contributed by atoms with E-state index in [1.165, 1.54) is 4.90 Å². The van der Waals surface area contributed by atoms with Crippen LogP contribution in [0.4, 0.5) is 11.4 Å². The highest BCUT2D eigenvalue weighted by Gasteiger charge is 2.33. The van der Waals surface area contributed by atoms with E-state index in [2.05, 4.69) is 0 Å². The minimum atomic E-state index is -1.30. The summed E-state index contributed by atoms with van der Waals surface area (Å²) in [6.45, 7) is 1.86. The van der Waals surface area contributed by atoms with Crippen LogP contribution in [0.1, 0.15) is 33.2 Å². The molecule has 7 heteroatoms. The molecule has 0 saturated carbocycles. The van der Waals surface area contributed by atoms with Crippen LogP contribution in [0.5, 0.6) is 0 Å². The van der Waals surface area contributed by atoms with Gasteiger partial charge in [0, 0.05) is 23.9 Å². The van der Waals surface area contributed by atoms with Gasteiger partial charge in [-0.25, -0.2) is 4.79 Å². The van der Waals surface area contributed by atoms with Crippen molar-refractivity contribution in [1.82, 2.24) is 0 Å². The van der Waals surface area contributed by atoms with Gasteiger partial charge in [0.05, 0.1) is 16.1 Å². The third-order valence-corrected chi connectivity index (χ3v) is 4.10. The molecule has 0 aliphatic carbocycles.